The quantitative estimate of drug-likeness (QED) is 0.906. The van der Waals surface area contributed by atoms with Gasteiger partial charge in [-0.2, -0.15) is 0 Å². The van der Waals surface area contributed by atoms with Crippen molar-refractivity contribution in [2.75, 3.05) is 31.1 Å². The Morgan fingerprint density at radius 3 is 2.09 bits per heavy atom. The topological polar surface area (TPSA) is 60.9 Å². The number of anilines is 1. The van der Waals surface area contributed by atoms with Gasteiger partial charge >= 0.3 is 5.97 Å². The van der Waals surface area contributed by atoms with Crippen LogP contribution in [0.3, 0.4) is 0 Å². The molecule has 1 heterocycles. The summed E-state index contributed by atoms with van der Waals surface area (Å²) in [4.78, 5) is 26.8. The van der Waals surface area contributed by atoms with E-state index in [1.807, 2.05) is 4.90 Å². The fourth-order valence-electron chi connectivity index (χ4n) is 3.40. The van der Waals surface area contributed by atoms with Crippen molar-refractivity contribution in [1.82, 2.24) is 4.90 Å². The van der Waals surface area contributed by atoms with Crippen LogP contribution in [-0.2, 0) is 9.59 Å². The van der Waals surface area contributed by atoms with Gasteiger partial charge in [-0.1, -0.05) is 17.7 Å². The van der Waals surface area contributed by atoms with Crippen molar-refractivity contribution in [2.45, 2.75) is 40.0 Å². The third kappa shape index (κ3) is 4.47. The first kappa shape index (κ1) is 17.3. The van der Waals surface area contributed by atoms with E-state index < -0.39 is 5.97 Å². The average molecular weight is 318 g/mol. The third-order valence-corrected chi connectivity index (χ3v) is 4.37. The van der Waals surface area contributed by atoms with Crippen LogP contribution in [0.4, 0.5) is 5.69 Å². The van der Waals surface area contributed by atoms with E-state index in [1.165, 1.54) is 22.4 Å². The van der Waals surface area contributed by atoms with Crippen LogP contribution >= 0.6 is 0 Å². The fourth-order valence-corrected chi connectivity index (χ4v) is 3.40. The Hall–Kier alpha value is -2.04. The van der Waals surface area contributed by atoms with Gasteiger partial charge in [0.2, 0.25) is 5.91 Å². The maximum absolute atomic E-state index is 12.1. The zero-order valence-electron chi connectivity index (χ0n) is 14.3. The molecule has 0 saturated carbocycles. The summed E-state index contributed by atoms with van der Waals surface area (Å²) in [6, 6.07) is 4.40. The first-order valence-corrected chi connectivity index (χ1v) is 8.21. The van der Waals surface area contributed by atoms with Crippen LogP contribution in [0.15, 0.2) is 12.1 Å². The molecule has 0 radical (unpaired) electrons. The van der Waals surface area contributed by atoms with Gasteiger partial charge < -0.3 is 14.9 Å². The summed E-state index contributed by atoms with van der Waals surface area (Å²) in [6.07, 6.45) is 0.812. The minimum Gasteiger partial charge on any atom is -0.481 e. The molecule has 23 heavy (non-hydrogen) atoms. The smallest absolute Gasteiger partial charge is 0.303 e. The highest BCUT2D eigenvalue weighted by atomic mass is 16.4. The van der Waals surface area contributed by atoms with Crippen LogP contribution in [-0.4, -0.2) is 48.1 Å². The van der Waals surface area contributed by atoms with Gasteiger partial charge in [0, 0.05) is 44.7 Å². The second-order valence-corrected chi connectivity index (χ2v) is 6.36. The van der Waals surface area contributed by atoms with Crippen molar-refractivity contribution in [2.24, 2.45) is 0 Å². The van der Waals surface area contributed by atoms with Gasteiger partial charge in [0.25, 0.3) is 0 Å². The number of carbonyl (C=O) groups is 2. The number of aryl methyl sites for hydroxylation is 3. The van der Waals surface area contributed by atoms with Gasteiger partial charge in [0.15, 0.2) is 0 Å². The monoisotopic (exact) mass is 318 g/mol. The molecule has 0 spiro atoms. The normalized spacial score (nSPS) is 14.9. The lowest BCUT2D eigenvalue weighted by Crippen LogP contribution is -2.49. The maximum atomic E-state index is 12.1. The molecule has 0 aromatic heterocycles. The van der Waals surface area contributed by atoms with E-state index in [2.05, 4.69) is 37.8 Å². The highest BCUT2D eigenvalue weighted by Gasteiger charge is 2.22. The molecule has 0 unspecified atom stereocenters. The molecule has 1 aromatic carbocycles. The van der Waals surface area contributed by atoms with E-state index in [0.29, 0.717) is 25.9 Å². The van der Waals surface area contributed by atoms with Crippen molar-refractivity contribution in [3.05, 3.63) is 28.8 Å². The fraction of sp³-hybridized carbons (Fsp3) is 0.556. The van der Waals surface area contributed by atoms with Gasteiger partial charge in [0.1, 0.15) is 0 Å². The van der Waals surface area contributed by atoms with Gasteiger partial charge in [-0.3, -0.25) is 9.59 Å². The molecule has 1 aliphatic rings. The zero-order valence-corrected chi connectivity index (χ0v) is 14.3. The average Bonchev–Trinajstić information content (AvgIpc) is 2.46. The molecule has 1 N–H and O–H groups in total. The first-order chi connectivity index (χ1) is 10.9. The molecule has 1 aromatic rings. The summed E-state index contributed by atoms with van der Waals surface area (Å²) in [6.45, 7) is 9.46. The number of aliphatic carboxylic acids is 1. The maximum Gasteiger partial charge on any atom is 0.303 e. The molecule has 126 valence electrons. The number of amides is 1. The Labute approximate surface area is 137 Å². The number of hydrogen-bond donors (Lipinski definition) is 1. The zero-order chi connectivity index (χ0) is 17.0. The van der Waals surface area contributed by atoms with E-state index in [4.69, 9.17) is 5.11 Å². The summed E-state index contributed by atoms with van der Waals surface area (Å²) in [7, 11) is 0. The molecule has 5 heteroatoms. The highest BCUT2D eigenvalue weighted by Crippen LogP contribution is 2.27. The summed E-state index contributed by atoms with van der Waals surface area (Å²) in [5, 5.41) is 8.64. The molecule has 1 amide bonds. The van der Waals surface area contributed by atoms with E-state index >= 15 is 0 Å². The number of carboxylic acid groups (broad SMARTS) is 1. The minimum atomic E-state index is -0.840. The second-order valence-electron chi connectivity index (χ2n) is 6.36. The number of piperazine rings is 1. The Morgan fingerprint density at radius 1 is 1.00 bits per heavy atom. The molecule has 0 atom stereocenters. The summed E-state index contributed by atoms with van der Waals surface area (Å²) in [5.74, 6) is -0.767. The van der Waals surface area contributed by atoms with Gasteiger partial charge in [-0.25, -0.2) is 0 Å². The van der Waals surface area contributed by atoms with Gasteiger partial charge in [0.05, 0.1) is 0 Å². The highest BCUT2D eigenvalue weighted by molar-refractivity contribution is 5.77. The van der Waals surface area contributed by atoms with Crippen LogP contribution in [0.5, 0.6) is 0 Å². The number of carbonyl (C=O) groups excluding carboxylic acids is 1. The van der Waals surface area contributed by atoms with Crippen LogP contribution in [0.2, 0.25) is 0 Å². The van der Waals surface area contributed by atoms with Crippen molar-refractivity contribution < 1.29 is 14.7 Å². The predicted octanol–water partition coefficient (Wildman–Crippen LogP) is 2.52. The van der Waals surface area contributed by atoms with Gasteiger partial charge in [-0.05, 0) is 38.3 Å². The third-order valence-electron chi connectivity index (χ3n) is 4.37. The molecule has 0 aliphatic carbocycles. The second kappa shape index (κ2) is 7.49. The van der Waals surface area contributed by atoms with E-state index in [-0.39, 0.29) is 12.3 Å². The molecule has 1 fully saturated rings. The van der Waals surface area contributed by atoms with Crippen molar-refractivity contribution in [1.29, 1.82) is 0 Å². The molecule has 0 bridgehead atoms. The number of hydrogen-bond acceptors (Lipinski definition) is 3. The molecule has 2 rings (SSSR count). The molecule has 5 nitrogen and oxygen atoms in total. The summed E-state index contributed by atoms with van der Waals surface area (Å²) >= 11 is 0. The van der Waals surface area contributed by atoms with E-state index in [9.17, 15) is 9.59 Å². The van der Waals surface area contributed by atoms with E-state index in [1.54, 1.807) is 0 Å². The lowest BCUT2D eigenvalue weighted by atomic mass is 10.0. The Bertz CT molecular complexity index is 567. The molecule has 1 aliphatic heterocycles. The summed E-state index contributed by atoms with van der Waals surface area (Å²) < 4.78 is 0. The van der Waals surface area contributed by atoms with Crippen LogP contribution in [0.25, 0.3) is 0 Å². The largest absolute Gasteiger partial charge is 0.481 e. The van der Waals surface area contributed by atoms with Crippen LogP contribution < -0.4 is 4.90 Å². The lowest BCUT2D eigenvalue weighted by Gasteiger charge is -2.37. The predicted molar refractivity (Wildman–Crippen MR) is 90.9 cm³/mol. The van der Waals surface area contributed by atoms with E-state index in [0.717, 1.165) is 13.1 Å². The molecular formula is C18H26N2O3. The number of nitrogens with zero attached hydrogens (tertiary/aromatic N) is 2. The van der Waals surface area contributed by atoms with Crippen molar-refractivity contribution in [3.63, 3.8) is 0 Å². The summed E-state index contributed by atoms with van der Waals surface area (Å²) in [5.41, 5.74) is 5.12. The number of benzene rings is 1. The van der Waals surface area contributed by atoms with Crippen LogP contribution in [0, 0.1) is 20.8 Å². The Morgan fingerprint density at radius 2 is 1.57 bits per heavy atom. The van der Waals surface area contributed by atoms with Gasteiger partial charge in [-0.15, -0.1) is 0 Å². The van der Waals surface area contributed by atoms with Crippen molar-refractivity contribution in [3.8, 4) is 0 Å². The molecular weight excluding hydrogens is 292 g/mol. The Kier molecular flexibility index (Phi) is 5.64. The first-order valence-electron chi connectivity index (χ1n) is 8.21. The number of carboxylic acids is 1. The minimum absolute atomic E-state index is 0.0630. The van der Waals surface area contributed by atoms with Crippen molar-refractivity contribution >= 4 is 17.6 Å². The molecule has 1 saturated heterocycles. The number of rotatable bonds is 5. The Balaban J connectivity index is 1.91. The SMILES string of the molecule is Cc1cc(C)c(N2CCN(C(=O)CCCC(=O)O)CC2)c(C)c1. The van der Waals surface area contributed by atoms with Crippen LogP contribution in [0.1, 0.15) is 36.0 Å². The lowest BCUT2D eigenvalue weighted by molar-refractivity contribution is -0.137. The standard InChI is InChI=1S/C18H26N2O3/c1-13-11-14(2)18(15(3)12-13)20-9-7-19(8-10-20)16(21)5-4-6-17(22)23/h11-12H,4-10H2,1-3H3,(H,22,23).